The van der Waals surface area contributed by atoms with Crippen LogP contribution in [-0.2, 0) is 0 Å². The van der Waals surface area contributed by atoms with Gasteiger partial charge in [0.1, 0.15) is 0 Å². The predicted octanol–water partition coefficient (Wildman–Crippen LogP) is 0.402. The Labute approximate surface area is 64.2 Å². The minimum absolute atomic E-state index is 0.284. The molecule has 1 aromatic rings. The molecular weight excluding hydrogens is 142 g/mol. The molecule has 0 saturated heterocycles. The molecule has 0 atom stereocenters. The van der Waals surface area contributed by atoms with Crippen LogP contribution in [-0.4, -0.2) is 12.8 Å². The van der Waals surface area contributed by atoms with E-state index in [0.717, 1.165) is 0 Å². The maximum absolute atomic E-state index is 10.1. The molecular formula is C8H7NO2. The van der Waals surface area contributed by atoms with Gasteiger partial charge in [0, 0.05) is 0 Å². The highest BCUT2D eigenvalue weighted by Crippen LogP contribution is 2.02. The maximum atomic E-state index is 10.1. The SMILES string of the molecule is NCC#Cc1ccc(C=O)o1. The lowest BCUT2D eigenvalue weighted by atomic mass is 10.4. The smallest absolute Gasteiger partial charge is 0.185 e. The lowest BCUT2D eigenvalue weighted by Gasteiger charge is -1.77. The topological polar surface area (TPSA) is 56.2 Å². The number of furan rings is 1. The van der Waals surface area contributed by atoms with E-state index in [1.807, 2.05) is 0 Å². The van der Waals surface area contributed by atoms with Crippen LogP contribution >= 0.6 is 0 Å². The minimum atomic E-state index is 0.284. The van der Waals surface area contributed by atoms with E-state index in [1.165, 1.54) is 0 Å². The molecule has 0 radical (unpaired) electrons. The molecule has 0 aliphatic rings. The summed E-state index contributed by atoms with van der Waals surface area (Å²) in [6.45, 7) is 0.289. The Hall–Kier alpha value is -1.53. The van der Waals surface area contributed by atoms with Crippen molar-refractivity contribution in [2.45, 2.75) is 0 Å². The fraction of sp³-hybridized carbons (Fsp3) is 0.125. The molecule has 0 aliphatic carbocycles. The standard InChI is InChI=1S/C8H7NO2/c9-5-1-2-7-3-4-8(6-10)11-7/h3-4,6H,5,9H2. The second kappa shape index (κ2) is 3.59. The molecule has 0 unspecified atom stereocenters. The molecule has 1 heterocycles. The summed E-state index contributed by atoms with van der Waals surface area (Å²) >= 11 is 0. The summed E-state index contributed by atoms with van der Waals surface area (Å²) in [7, 11) is 0. The molecule has 3 heteroatoms. The van der Waals surface area contributed by atoms with E-state index in [4.69, 9.17) is 10.2 Å². The lowest BCUT2D eigenvalue weighted by molar-refractivity contribution is 0.110. The van der Waals surface area contributed by atoms with Crippen LogP contribution in [0.4, 0.5) is 0 Å². The van der Waals surface area contributed by atoms with Gasteiger partial charge < -0.3 is 10.2 Å². The summed E-state index contributed by atoms with van der Waals surface area (Å²) < 4.78 is 4.94. The van der Waals surface area contributed by atoms with Gasteiger partial charge in [-0.2, -0.15) is 0 Å². The van der Waals surface area contributed by atoms with Gasteiger partial charge in [0.15, 0.2) is 17.8 Å². The normalized spacial score (nSPS) is 8.45. The van der Waals surface area contributed by atoms with Gasteiger partial charge in [-0.15, -0.1) is 0 Å². The van der Waals surface area contributed by atoms with Gasteiger partial charge in [0.2, 0.25) is 0 Å². The molecule has 2 N–H and O–H groups in total. The van der Waals surface area contributed by atoms with Crippen molar-refractivity contribution in [2.75, 3.05) is 6.54 Å². The first-order chi connectivity index (χ1) is 5.36. The van der Waals surface area contributed by atoms with E-state index in [1.54, 1.807) is 12.1 Å². The summed E-state index contributed by atoms with van der Waals surface area (Å²) in [5.74, 6) is 6.02. The van der Waals surface area contributed by atoms with E-state index in [9.17, 15) is 4.79 Å². The number of carbonyl (C=O) groups is 1. The van der Waals surface area contributed by atoms with Crippen LogP contribution in [0, 0.1) is 11.8 Å². The lowest BCUT2D eigenvalue weighted by Crippen LogP contribution is -1.92. The first kappa shape index (κ1) is 7.58. The molecule has 0 aliphatic heterocycles. The number of nitrogens with two attached hydrogens (primary N) is 1. The van der Waals surface area contributed by atoms with E-state index in [-0.39, 0.29) is 12.3 Å². The van der Waals surface area contributed by atoms with Crippen LogP contribution in [0.3, 0.4) is 0 Å². The number of carbonyl (C=O) groups excluding carboxylic acids is 1. The maximum Gasteiger partial charge on any atom is 0.185 e. The quantitative estimate of drug-likeness (QED) is 0.464. The van der Waals surface area contributed by atoms with Crippen molar-refractivity contribution in [3.05, 3.63) is 23.7 Å². The van der Waals surface area contributed by atoms with Crippen LogP contribution in [0.25, 0.3) is 0 Å². The number of hydrogen-bond donors (Lipinski definition) is 1. The van der Waals surface area contributed by atoms with Crippen molar-refractivity contribution in [3.63, 3.8) is 0 Å². The van der Waals surface area contributed by atoms with E-state index in [2.05, 4.69) is 11.8 Å². The zero-order valence-electron chi connectivity index (χ0n) is 5.83. The Kier molecular flexibility index (Phi) is 2.47. The molecule has 1 aromatic heterocycles. The van der Waals surface area contributed by atoms with E-state index >= 15 is 0 Å². The third-order valence-corrected chi connectivity index (χ3v) is 1.06. The highest BCUT2D eigenvalue weighted by molar-refractivity contribution is 5.70. The van der Waals surface area contributed by atoms with E-state index < -0.39 is 0 Å². The molecule has 1 rings (SSSR count). The Bertz CT molecular complexity index is 303. The zero-order chi connectivity index (χ0) is 8.10. The Morgan fingerprint density at radius 1 is 1.64 bits per heavy atom. The predicted molar refractivity (Wildman–Crippen MR) is 40.0 cm³/mol. The van der Waals surface area contributed by atoms with Crippen LogP contribution in [0.2, 0.25) is 0 Å². The second-order valence-electron chi connectivity index (χ2n) is 1.83. The summed E-state index contributed by atoms with van der Waals surface area (Å²) in [5.41, 5.74) is 5.13. The summed E-state index contributed by atoms with van der Waals surface area (Å²) in [5, 5.41) is 0. The number of aldehydes is 1. The zero-order valence-corrected chi connectivity index (χ0v) is 5.83. The molecule has 0 aromatic carbocycles. The fourth-order valence-corrected chi connectivity index (χ4v) is 0.621. The Morgan fingerprint density at radius 3 is 3.00 bits per heavy atom. The Balaban J connectivity index is 2.80. The van der Waals surface area contributed by atoms with Crippen LogP contribution in [0.5, 0.6) is 0 Å². The van der Waals surface area contributed by atoms with Crippen molar-refractivity contribution >= 4 is 6.29 Å². The van der Waals surface area contributed by atoms with Gasteiger partial charge in [-0.3, -0.25) is 4.79 Å². The van der Waals surface area contributed by atoms with E-state index in [0.29, 0.717) is 12.0 Å². The molecule has 0 spiro atoms. The Morgan fingerprint density at radius 2 is 2.45 bits per heavy atom. The first-order valence-electron chi connectivity index (χ1n) is 3.11. The summed E-state index contributed by atoms with van der Waals surface area (Å²) in [6, 6.07) is 3.19. The van der Waals surface area contributed by atoms with Crippen molar-refractivity contribution in [1.82, 2.24) is 0 Å². The first-order valence-corrected chi connectivity index (χ1v) is 3.11. The highest BCUT2D eigenvalue weighted by Gasteiger charge is 1.94. The van der Waals surface area contributed by atoms with Crippen LogP contribution in [0.1, 0.15) is 16.3 Å². The van der Waals surface area contributed by atoms with Gasteiger partial charge in [0.25, 0.3) is 0 Å². The summed E-state index contributed by atoms with van der Waals surface area (Å²) in [6.07, 6.45) is 0.633. The van der Waals surface area contributed by atoms with Crippen molar-refractivity contribution < 1.29 is 9.21 Å². The second-order valence-corrected chi connectivity index (χ2v) is 1.83. The van der Waals surface area contributed by atoms with Gasteiger partial charge in [-0.25, -0.2) is 0 Å². The molecule has 0 fully saturated rings. The van der Waals surface area contributed by atoms with Crippen molar-refractivity contribution in [2.24, 2.45) is 5.73 Å². The molecule has 0 saturated carbocycles. The fourth-order valence-electron chi connectivity index (χ4n) is 0.621. The van der Waals surface area contributed by atoms with Crippen molar-refractivity contribution in [3.8, 4) is 11.8 Å². The number of hydrogen-bond acceptors (Lipinski definition) is 3. The minimum Gasteiger partial charge on any atom is -0.445 e. The highest BCUT2D eigenvalue weighted by atomic mass is 16.3. The average Bonchev–Trinajstić information content (AvgIpc) is 2.48. The largest absolute Gasteiger partial charge is 0.445 e. The third-order valence-electron chi connectivity index (χ3n) is 1.06. The van der Waals surface area contributed by atoms with Gasteiger partial charge in [0.05, 0.1) is 6.54 Å². The molecule has 11 heavy (non-hydrogen) atoms. The average molecular weight is 149 g/mol. The van der Waals surface area contributed by atoms with Gasteiger partial charge in [-0.1, -0.05) is 5.92 Å². The van der Waals surface area contributed by atoms with Crippen LogP contribution in [0.15, 0.2) is 16.5 Å². The van der Waals surface area contributed by atoms with Crippen LogP contribution < -0.4 is 5.73 Å². The molecule has 56 valence electrons. The molecule has 0 amide bonds. The third kappa shape index (κ3) is 1.95. The van der Waals surface area contributed by atoms with Gasteiger partial charge in [-0.05, 0) is 18.1 Å². The molecule has 0 bridgehead atoms. The number of rotatable bonds is 1. The monoisotopic (exact) mass is 149 g/mol. The summed E-state index contributed by atoms with van der Waals surface area (Å²) in [4.78, 5) is 10.1. The molecule has 3 nitrogen and oxygen atoms in total. The van der Waals surface area contributed by atoms with Crippen molar-refractivity contribution in [1.29, 1.82) is 0 Å². The van der Waals surface area contributed by atoms with Gasteiger partial charge >= 0.3 is 0 Å².